The normalized spacial score (nSPS) is 11.7. The van der Waals surface area contributed by atoms with E-state index < -0.39 is 41.6 Å². The van der Waals surface area contributed by atoms with Crippen LogP contribution in [-0.2, 0) is 9.59 Å². The summed E-state index contributed by atoms with van der Waals surface area (Å²) in [5.74, 6) is -5.42. The summed E-state index contributed by atoms with van der Waals surface area (Å²) in [5, 5.41) is 10.4. The number of halogens is 4. The fourth-order valence-electron chi connectivity index (χ4n) is 3.69. The van der Waals surface area contributed by atoms with Gasteiger partial charge in [0.1, 0.15) is 23.4 Å². The van der Waals surface area contributed by atoms with Gasteiger partial charge in [0.15, 0.2) is 11.5 Å². The Morgan fingerprint density at radius 1 is 0.932 bits per heavy atom. The van der Waals surface area contributed by atoms with Gasteiger partial charge in [0.05, 0.1) is 12.7 Å². The van der Waals surface area contributed by atoms with E-state index in [0.717, 1.165) is 30.3 Å². The highest BCUT2D eigenvalue weighted by Gasteiger charge is 2.41. The maximum Gasteiger partial charge on any atom is 0.491 e. The van der Waals surface area contributed by atoms with Gasteiger partial charge in [-0.1, -0.05) is 0 Å². The van der Waals surface area contributed by atoms with Gasteiger partial charge in [-0.3, -0.25) is 25.8 Å². The number of esters is 1. The highest BCUT2D eigenvalue weighted by molar-refractivity contribution is 5.97. The number of ether oxygens (including phenoxy) is 3. The molecule has 0 bridgehead atoms. The first-order valence-corrected chi connectivity index (χ1v) is 13.0. The Kier molecular flexibility index (Phi) is 10.7. The molecule has 44 heavy (non-hydrogen) atoms. The number of anilines is 1. The molecule has 0 radical (unpaired) electrons. The lowest BCUT2D eigenvalue weighted by molar-refractivity contribution is -0.189. The summed E-state index contributed by atoms with van der Waals surface area (Å²) in [5.41, 5.74) is 10.3. The first-order chi connectivity index (χ1) is 20.7. The molecule has 2 amide bonds. The van der Waals surface area contributed by atoms with Crippen molar-refractivity contribution in [3.63, 3.8) is 0 Å². The molecule has 0 aliphatic carbocycles. The molecule has 11 nitrogen and oxygen atoms in total. The molecule has 0 aliphatic rings. The number of benzene rings is 3. The van der Waals surface area contributed by atoms with Crippen LogP contribution in [0, 0.1) is 11.2 Å². The van der Waals surface area contributed by atoms with Crippen LogP contribution in [0.4, 0.5) is 23.2 Å². The van der Waals surface area contributed by atoms with E-state index in [1.54, 1.807) is 20.8 Å². The van der Waals surface area contributed by atoms with E-state index >= 15 is 4.39 Å². The lowest BCUT2D eigenvalue weighted by Gasteiger charge is -2.23. The summed E-state index contributed by atoms with van der Waals surface area (Å²) in [6, 6.07) is 11.0. The average Bonchev–Trinajstić information content (AvgIpc) is 2.96. The molecule has 0 saturated heterocycles. The molecule has 0 fully saturated rings. The lowest BCUT2D eigenvalue weighted by Crippen LogP contribution is -2.45. The molecule has 0 aromatic heterocycles. The maximum absolute atomic E-state index is 15.5. The van der Waals surface area contributed by atoms with Gasteiger partial charge in [0, 0.05) is 28.4 Å². The third-order valence-electron chi connectivity index (χ3n) is 5.66. The zero-order valence-electron chi connectivity index (χ0n) is 23.7. The molecule has 1 atom stereocenters. The van der Waals surface area contributed by atoms with Crippen molar-refractivity contribution in [3.05, 3.63) is 83.2 Å². The van der Waals surface area contributed by atoms with E-state index in [0.29, 0.717) is 11.3 Å². The number of amides is 2. The molecular formula is C29H29F4N5O6. The Hall–Kier alpha value is -5.34. The van der Waals surface area contributed by atoms with Gasteiger partial charge in [0.25, 0.3) is 11.8 Å². The zero-order valence-corrected chi connectivity index (χ0v) is 23.7. The molecule has 234 valence electrons. The van der Waals surface area contributed by atoms with Crippen molar-refractivity contribution in [2.75, 3.05) is 11.9 Å². The second kappa shape index (κ2) is 14.2. The van der Waals surface area contributed by atoms with Crippen molar-refractivity contribution in [2.45, 2.75) is 39.1 Å². The topological polar surface area (TPSA) is 165 Å². The monoisotopic (exact) mass is 619 g/mol. The van der Waals surface area contributed by atoms with Gasteiger partial charge in [0.2, 0.25) is 0 Å². The third-order valence-corrected chi connectivity index (χ3v) is 5.66. The van der Waals surface area contributed by atoms with Crippen LogP contribution < -0.4 is 36.1 Å². The van der Waals surface area contributed by atoms with E-state index in [1.807, 2.05) is 0 Å². The van der Waals surface area contributed by atoms with Crippen LogP contribution in [-0.4, -0.2) is 42.5 Å². The highest BCUT2D eigenvalue weighted by atomic mass is 19.4. The maximum atomic E-state index is 15.5. The molecular weight excluding hydrogens is 590 g/mol. The molecule has 0 spiro atoms. The Balaban J connectivity index is 1.86. The van der Waals surface area contributed by atoms with E-state index in [4.69, 9.17) is 20.6 Å². The summed E-state index contributed by atoms with van der Waals surface area (Å²) in [7, 11) is 0. The molecule has 3 aromatic rings. The minimum absolute atomic E-state index is 0.110. The zero-order chi connectivity index (χ0) is 32.6. The molecule has 3 aromatic carbocycles. The molecule has 3 rings (SSSR count). The van der Waals surface area contributed by atoms with Crippen LogP contribution in [0.3, 0.4) is 0 Å². The van der Waals surface area contributed by atoms with Gasteiger partial charge >= 0.3 is 12.1 Å². The first kappa shape index (κ1) is 33.2. The van der Waals surface area contributed by atoms with Crippen molar-refractivity contribution >= 4 is 29.3 Å². The number of carbonyl (C=O) groups is 3. The van der Waals surface area contributed by atoms with Crippen LogP contribution >= 0.6 is 0 Å². The predicted octanol–water partition coefficient (Wildman–Crippen LogP) is 4.38. The third kappa shape index (κ3) is 8.83. The predicted molar refractivity (Wildman–Crippen MR) is 151 cm³/mol. The van der Waals surface area contributed by atoms with E-state index in [9.17, 15) is 27.6 Å². The number of rotatable bonds is 11. The van der Waals surface area contributed by atoms with Crippen LogP contribution in [0.1, 0.15) is 48.3 Å². The lowest BCUT2D eigenvalue weighted by atomic mass is 10.0. The van der Waals surface area contributed by atoms with Gasteiger partial charge in [-0.05, 0) is 75.4 Å². The summed E-state index contributed by atoms with van der Waals surface area (Å²) in [4.78, 5) is 37.0. The smallest absolute Gasteiger partial charge is 0.490 e. The van der Waals surface area contributed by atoms with Crippen molar-refractivity contribution in [1.29, 1.82) is 5.41 Å². The second-order valence-electron chi connectivity index (χ2n) is 9.34. The number of nitrogens with two attached hydrogens (primary N) is 1. The number of nitrogens with one attached hydrogen (secondary N) is 4. The summed E-state index contributed by atoms with van der Waals surface area (Å²) >= 11 is 0. The first-order valence-electron chi connectivity index (χ1n) is 13.0. The van der Waals surface area contributed by atoms with Crippen molar-refractivity contribution in [2.24, 2.45) is 5.73 Å². The fourth-order valence-corrected chi connectivity index (χ4v) is 3.69. The Bertz CT molecular complexity index is 1510. The second-order valence-corrected chi connectivity index (χ2v) is 9.34. The molecule has 0 aliphatic heterocycles. The van der Waals surface area contributed by atoms with Crippen LogP contribution in [0.2, 0.25) is 0 Å². The SMILES string of the molecule is CCOc1cc(C(Nc2ccc(C(=N)N)cc2)C(=O)NNC(=O)c2ccc(OC(=O)C(F)(F)F)cc2)c(F)cc1OC(C)C. The van der Waals surface area contributed by atoms with Crippen molar-refractivity contribution in [3.8, 4) is 17.2 Å². The average molecular weight is 620 g/mol. The number of amidine groups is 1. The van der Waals surface area contributed by atoms with Crippen molar-refractivity contribution < 1.29 is 46.2 Å². The van der Waals surface area contributed by atoms with Gasteiger partial charge in [-0.2, -0.15) is 13.2 Å². The van der Waals surface area contributed by atoms with Crippen LogP contribution in [0.5, 0.6) is 17.2 Å². The molecule has 6 N–H and O–H groups in total. The molecule has 15 heteroatoms. The van der Waals surface area contributed by atoms with Crippen molar-refractivity contribution in [1.82, 2.24) is 10.9 Å². The van der Waals surface area contributed by atoms with Gasteiger partial charge < -0.3 is 25.3 Å². The number of hydrazine groups is 1. The fraction of sp³-hybridized carbons (Fsp3) is 0.241. The quantitative estimate of drug-likeness (QED) is 0.0527. The summed E-state index contributed by atoms with van der Waals surface area (Å²) in [6.45, 7) is 5.41. The molecule has 0 saturated carbocycles. The number of carbonyl (C=O) groups excluding carboxylic acids is 3. The largest absolute Gasteiger partial charge is 0.491 e. The Morgan fingerprint density at radius 3 is 2.09 bits per heavy atom. The molecule has 0 heterocycles. The minimum Gasteiger partial charge on any atom is -0.490 e. The van der Waals surface area contributed by atoms with E-state index in [-0.39, 0.29) is 41.2 Å². The van der Waals surface area contributed by atoms with Gasteiger partial charge in [-0.25, -0.2) is 9.18 Å². The number of alkyl halides is 3. The molecule has 1 unspecified atom stereocenters. The standard InChI is InChI=1S/C29H29F4N5O6/c1-4-42-22-13-20(21(30)14-23(22)43-15(2)3)24(36-18-9-5-16(6-10-18)25(34)35)27(40)38-37-26(39)17-7-11-19(12-8-17)44-28(41)29(31,32)33/h5-15,24,36H,4H2,1-3H3,(H3,34,35)(H,37,39)(H,38,40). The van der Waals surface area contributed by atoms with E-state index in [2.05, 4.69) is 20.9 Å². The summed E-state index contributed by atoms with van der Waals surface area (Å²) < 4.78 is 68.2. The Morgan fingerprint density at radius 2 is 1.55 bits per heavy atom. The minimum atomic E-state index is -5.20. The number of hydrogen-bond acceptors (Lipinski definition) is 8. The number of nitrogen functional groups attached to an aromatic ring is 1. The highest BCUT2D eigenvalue weighted by Crippen LogP contribution is 2.35. The van der Waals surface area contributed by atoms with Crippen LogP contribution in [0.15, 0.2) is 60.7 Å². The Labute approximate surface area is 249 Å². The van der Waals surface area contributed by atoms with Gasteiger partial charge in [-0.15, -0.1) is 0 Å². The van der Waals surface area contributed by atoms with Crippen LogP contribution in [0.25, 0.3) is 0 Å². The number of hydrogen-bond donors (Lipinski definition) is 5. The van der Waals surface area contributed by atoms with E-state index in [1.165, 1.54) is 30.3 Å². The summed E-state index contributed by atoms with van der Waals surface area (Å²) in [6.07, 6.45) is -5.51.